The lowest BCUT2D eigenvalue weighted by Crippen LogP contribution is -2.32. The number of hydrogen-bond acceptors (Lipinski definition) is 0. The van der Waals surface area contributed by atoms with Crippen molar-refractivity contribution in [3.8, 4) is 0 Å². The van der Waals surface area contributed by atoms with Crippen LogP contribution in [0.25, 0.3) is 0 Å². The van der Waals surface area contributed by atoms with E-state index in [4.69, 9.17) is 11.6 Å². The summed E-state index contributed by atoms with van der Waals surface area (Å²) in [7, 11) is 0. The molecule has 0 heterocycles. The fourth-order valence-electron chi connectivity index (χ4n) is 3.23. The predicted octanol–water partition coefficient (Wildman–Crippen LogP) is 3.44. The van der Waals surface area contributed by atoms with Crippen molar-refractivity contribution in [3.63, 3.8) is 0 Å². The Morgan fingerprint density at radius 2 is 1.82 bits per heavy atom. The molecule has 2 rings (SSSR count). The molecular weight excluding hydrogens is 156 g/mol. The molecule has 1 unspecified atom stereocenters. The van der Waals surface area contributed by atoms with Gasteiger partial charge in [-0.05, 0) is 42.4 Å². The van der Waals surface area contributed by atoms with Gasteiger partial charge < -0.3 is 0 Å². The quantitative estimate of drug-likeness (QED) is 0.532. The van der Waals surface area contributed by atoms with Crippen LogP contribution in [0.4, 0.5) is 0 Å². The molecule has 2 aliphatic rings. The van der Waals surface area contributed by atoms with Crippen molar-refractivity contribution in [2.45, 2.75) is 39.5 Å². The topological polar surface area (TPSA) is 0 Å². The fraction of sp³-hybridized carbons (Fsp3) is 1.00. The minimum atomic E-state index is 0.467. The number of halogens is 1. The first-order valence-electron chi connectivity index (χ1n) is 4.68. The van der Waals surface area contributed by atoms with Crippen molar-refractivity contribution >= 4 is 11.6 Å². The Kier molecular flexibility index (Phi) is 1.55. The number of hydrogen-bond donors (Lipinski definition) is 0. The standard InChI is InChI=1S/C10H17Cl/c1-9-5-3-8(4-6-9)10(9,2)7-11/h8H,3-7H2,1-2H3. The van der Waals surface area contributed by atoms with E-state index < -0.39 is 0 Å². The molecule has 2 fully saturated rings. The highest BCUT2D eigenvalue weighted by molar-refractivity contribution is 6.18. The molecule has 0 aromatic heterocycles. The van der Waals surface area contributed by atoms with Crippen LogP contribution >= 0.6 is 11.6 Å². The molecule has 0 aliphatic heterocycles. The van der Waals surface area contributed by atoms with E-state index in [9.17, 15) is 0 Å². The van der Waals surface area contributed by atoms with Gasteiger partial charge in [0, 0.05) is 5.88 Å². The molecule has 0 aromatic rings. The molecule has 2 saturated carbocycles. The Morgan fingerprint density at radius 3 is 2.00 bits per heavy atom. The second-order valence-electron chi connectivity index (χ2n) is 4.89. The summed E-state index contributed by atoms with van der Waals surface area (Å²) in [5.41, 5.74) is 1.05. The largest absolute Gasteiger partial charge is 0.126 e. The molecule has 64 valence electrons. The first-order chi connectivity index (χ1) is 5.12. The third-order valence-electron chi connectivity index (χ3n) is 4.65. The minimum Gasteiger partial charge on any atom is -0.126 e. The molecular formula is C10H17Cl. The summed E-state index contributed by atoms with van der Waals surface area (Å²) in [5, 5.41) is 0. The van der Waals surface area contributed by atoms with Gasteiger partial charge in [-0.25, -0.2) is 0 Å². The molecule has 2 aliphatic carbocycles. The van der Waals surface area contributed by atoms with Gasteiger partial charge >= 0.3 is 0 Å². The Morgan fingerprint density at radius 1 is 1.27 bits per heavy atom. The maximum atomic E-state index is 6.07. The lowest BCUT2D eigenvalue weighted by molar-refractivity contribution is 0.156. The Hall–Kier alpha value is 0.290. The summed E-state index contributed by atoms with van der Waals surface area (Å²) in [4.78, 5) is 0. The van der Waals surface area contributed by atoms with Gasteiger partial charge in [-0.15, -0.1) is 11.6 Å². The smallest absolute Gasteiger partial charge is 0.0285 e. The number of fused-ring (bicyclic) bond motifs is 2. The minimum absolute atomic E-state index is 0.467. The van der Waals surface area contributed by atoms with Crippen molar-refractivity contribution in [1.82, 2.24) is 0 Å². The zero-order valence-electron chi connectivity index (χ0n) is 7.49. The van der Waals surface area contributed by atoms with Crippen LogP contribution in [0.1, 0.15) is 39.5 Å². The van der Waals surface area contributed by atoms with Gasteiger partial charge in [0.2, 0.25) is 0 Å². The normalized spacial score (nSPS) is 55.4. The van der Waals surface area contributed by atoms with E-state index in [1.165, 1.54) is 25.7 Å². The van der Waals surface area contributed by atoms with E-state index in [0.29, 0.717) is 10.8 Å². The van der Waals surface area contributed by atoms with E-state index in [0.717, 1.165) is 11.8 Å². The van der Waals surface area contributed by atoms with E-state index in [1.54, 1.807) is 0 Å². The fourth-order valence-corrected chi connectivity index (χ4v) is 3.77. The van der Waals surface area contributed by atoms with Crippen LogP contribution in [-0.2, 0) is 0 Å². The summed E-state index contributed by atoms with van der Waals surface area (Å²) in [5.74, 6) is 1.80. The third-order valence-corrected chi connectivity index (χ3v) is 5.20. The van der Waals surface area contributed by atoms with Crippen LogP contribution < -0.4 is 0 Å². The number of rotatable bonds is 1. The van der Waals surface area contributed by atoms with Crippen LogP contribution in [0.2, 0.25) is 0 Å². The summed E-state index contributed by atoms with van der Waals surface area (Å²) < 4.78 is 0. The maximum Gasteiger partial charge on any atom is 0.0285 e. The second kappa shape index (κ2) is 2.16. The summed E-state index contributed by atoms with van der Waals surface area (Å²) >= 11 is 6.07. The van der Waals surface area contributed by atoms with Gasteiger partial charge in [0.1, 0.15) is 0 Å². The Balaban J connectivity index is 2.34. The molecule has 0 amide bonds. The molecule has 0 spiro atoms. The highest BCUT2D eigenvalue weighted by Crippen LogP contribution is 2.65. The monoisotopic (exact) mass is 172 g/mol. The van der Waals surface area contributed by atoms with Gasteiger partial charge in [0.05, 0.1) is 0 Å². The SMILES string of the molecule is CC12CCC(CC1)C2(C)CCl. The summed E-state index contributed by atoms with van der Waals surface area (Å²) in [6.07, 6.45) is 5.70. The van der Waals surface area contributed by atoms with Gasteiger partial charge in [0.25, 0.3) is 0 Å². The molecule has 1 heteroatoms. The second-order valence-corrected chi connectivity index (χ2v) is 5.15. The average molecular weight is 173 g/mol. The van der Waals surface area contributed by atoms with E-state index in [2.05, 4.69) is 13.8 Å². The average Bonchev–Trinajstić information content (AvgIpc) is 2.39. The molecule has 0 nitrogen and oxygen atoms in total. The maximum absolute atomic E-state index is 6.07. The van der Waals surface area contributed by atoms with Crippen molar-refractivity contribution in [1.29, 1.82) is 0 Å². The predicted molar refractivity (Wildman–Crippen MR) is 48.9 cm³/mol. The first-order valence-corrected chi connectivity index (χ1v) is 5.22. The Bertz CT molecular complexity index is 168. The molecule has 11 heavy (non-hydrogen) atoms. The molecule has 0 saturated heterocycles. The van der Waals surface area contributed by atoms with E-state index in [-0.39, 0.29) is 0 Å². The molecule has 0 N–H and O–H groups in total. The van der Waals surface area contributed by atoms with Gasteiger partial charge in [-0.1, -0.05) is 13.8 Å². The van der Waals surface area contributed by atoms with Crippen molar-refractivity contribution in [2.24, 2.45) is 16.7 Å². The van der Waals surface area contributed by atoms with Crippen molar-refractivity contribution in [3.05, 3.63) is 0 Å². The first kappa shape index (κ1) is 7.91. The van der Waals surface area contributed by atoms with Gasteiger partial charge in [-0.2, -0.15) is 0 Å². The summed E-state index contributed by atoms with van der Waals surface area (Å²) in [6.45, 7) is 4.83. The molecule has 1 atom stereocenters. The van der Waals surface area contributed by atoms with Crippen LogP contribution in [0, 0.1) is 16.7 Å². The van der Waals surface area contributed by atoms with E-state index in [1.807, 2.05) is 0 Å². The van der Waals surface area contributed by atoms with Crippen molar-refractivity contribution in [2.75, 3.05) is 5.88 Å². The zero-order valence-corrected chi connectivity index (χ0v) is 8.25. The third kappa shape index (κ3) is 0.771. The van der Waals surface area contributed by atoms with Crippen molar-refractivity contribution < 1.29 is 0 Å². The van der Waals surface area contributed by atoms with Crippen LogP contribution in [0.15, 0.2) is 0 Å². The van der Waals surface area contributed by atoms with Gasteiger partial charge in [-0.3, -0.25) is 0 Å². The lowest BCUT2D eigenvalue weighted by Gasteiger charge is -2.36. The van der Waals surface area contributed by atoms with Crippen LogP contribution in [0.5, 0.6) is 0 Å². The summed E-state index contributed by atoms with van der Waals surface area (Å²) in [6, 6.07) is 0. The molecule has 0 aromatic carbocycles. The highest BCUT2D eigenvalue weighted by Gasteiger charge is 2.57. The zero-order chi connectivity index (χ0) is 8.11. The molecule has 2 bridgehead atoms. The molecule has 0 radical (unpaired) electrons. The van der Waals surface area contributed by atoms with Crippen LogP contribution in [-0.4, -0.2) is 5.88 Å². The Labute approximate surface area is 74.3 Å². The van der Waals surface area contributed by atoms with Crippen LogP contribution in [0.3, 0.4) is 0 Å². The van der Waals surface area contributed by atoms with Gasteiger partial charge in [0.15, 0.2) is 0 Å². The lowest BCUT2D eigenvalue weighted by atomic mass is 9.71. The van der Waals surface area contributed by atoms with E-state index >= 15 is 0 Å². The number of alkyl halides is 1. The highest BCUT2D eigenvalue weighted by atomic mass is 35.5.